The molecule has 5 rings (SSSR count). The summed E-state index contributed by atoms with van der Waals surface area (Å²) in [5, 5.41) is 3.80. The number of rotatable bonds is 8. The van der Waals surface area contributed by atoms with E-state index in [1.165, 1.54) is 54.2 Å². The summed E-state index contributed by atoms with van der Waals surface area (Å²) >= 11 is 19.5. The van der Waals surface area contributed by atoms with Crippen LogP contribution in [0.1, 0.15) is 26.9 Å². The smallest absolute Gasteiger partial charge is 0.261 e. The summed E-state index contributed by atoms with van der Waals surface area (Å²) in [6.07, 6.45) is 0. The number of sulfonamides is 1. The molecule has 41 heavy (non-hydrogen) atoms. The fourth-order valence-corrected chi connectivity index (χ4v) is 7.09. The highest BCUT2D eigenvalue weighted by Crippen LogP contribution is 2.39. The molecule has 1 saturated heterocycles. The van der Waals surface area contributed by atoms with E-state index >= 15 is 0 Å². The van der Waals surface area contributed by atoms with Gasteiger partial charge in [0, 0.05) is 27.8 Å². The maximum Gasteiger partial charge on any atom is 0.261 e. The number of nitrogens with zero attached hydrogens (tertiary/aromatic N) is 1. The lowest BCUT2D eigenvalue weighted by Crippen LogP contribution is -2.27. The molecule has 2 amide bonds. The van der Waals surface area contributed by atoms with E-state index in [1.54, 1.807) is 24.3 Å². The first-order valence-corrected chi connectivity index (χ1v) is 15.9. The van der Waals surface area contributed by atoms with Crippen LogP contribution in [0.3, 0.4) is 0 Å². The van der Waals surface area contributed by atoms with Crippen LogP contribution < -0.4 is 10.0 Å². The molecule has 0 aromatic heterocycles. The Kier molecular flexibility index (Phi) is 8.82. The number of amides is 2. The van der Waals surface area contributed by atoms with Crippen molar-refractivity contribution in [1.29, 1.82) is 0 Å². The van der Waals surface area contributed by atoms with E-state index in [4.69, 9.17) is 34.8 Å². The molecule has 0 spiro atoms. The first-order chi connectivity index (χ1) is 19.6. The first-order valence-electron chi connectivity index (χ1n) is 12.2. The van der Waals surface area contributed by atoms with Gasteiger partial charge in [0.15, 0.2) is 0 Å². The average Bonchev–Trinajstić information content (AvgIpc) is 3.31. The van der Waals surface area contributed by atoms with Gasteiger partial charge in [0.25, 0.3) is 15.9 Å². The van der Waals surface area contributed by atoms with Gasteiger partial charge in [0.2, 0.25) is 5.91 Å². The molecule has 1 fully saturated rings. The molecule has 1 aliphatic rings. The molecular formula is C29H22Cl3N3O4S2. The highest BCUT2D eigenvalue weighted by atomic mass is 35.5. The Balaban J connectivity index is 1.23. The molecule has 4 aromatic rings. The summed E-state index contributed by atoms with van der Waals surface area (Å²) in [5.41, 5.74) is 2.94. The Morgan fingerprint density at radius 2 is 1.54 bits per heavy atom. The van der Waals surface area contributed by atoms with E-state index in [1.807, 2.05) is 29.2 Å². The van der Waals surface area contributed by atoms with E-state index in [9.17, 15) is 18.0 Å². The van der Waals surface area contributed by atoms with Crippen molar-refractivity contribution in [1.82, 2.24) is 4.90 Å². The fourth-order valence-electron chi connectivity index (χ4n) is 4.18. The maximum absolute atomic E-state index is 12.9. The number of nitrogens with one attached hydrogen (secondary N) is 2. The second kappa shape index (κ2) is 12.3. The van der Waals surface area contributed by atoms with Gasteiger partial charge < -0.3 is 10.2 Å². The lowest BCUT2D eigenvalue weighted by molar-refractivity contribution is -0.128. The predicted octanol–water partition coefficient (Wildman–Crippen LogP) is 7.47. The van der Waals surface area contributed by atoms with Crippen molar-refractivity contribution in [3.63, 3.8) is 0 Å². The molecular weight excluding hydrogens is 625 g/mol. The second-order valence-electron chi connectivity index (χ2n) is 9.14. The summed E-state index contributed by atoms with van der Waals surface area (Å²) in [4.78, 5) is 27.3. The van der Waals surface area contributed by atoms with Crippen LogP contribution in [-0.4, -0.2) is 30.9 Å². The number of hydrogen-bond donors (Lipinski definition) is 2. The second-order valence-corrected chi connectivity index (χ2v) is 13.2. The van der Waals surface area contributed by atoms with Gasteiger partial charge in [-0.25, -0.2) is 8.42 Å². The summed E-state index contributed by atoms with van der Waals surface area (Å²) in [5.74, 6) is 0.0779. The Hall–Kier alpha value is -3.21. The lowest BCUT2D eigenvalue weighted by Gasteiger charge is -2.24. The molecule has 0 unspecified atom stereocenters. The molecule has 210 valence electrons. The number of anilines is 2. The van der Waals surface area contributed by atoms with Crippen molar-refractivity contribution < 1.29 is 18.0 Å². The molecule has 0 bridgehead atoms. The zero-order valence-electron chi connectivity index (χ0n) is 21.2. The number of carbonyl (C=O) groups is 2. The first kappa shape index (κ1) is 29.3. The van der Waals surface area contributed by atoms with Gasteiger partial charge in [-0.2, -0.15) is 0 Å². The van der Waals surface area contributed by atoms with E-state index < -0.39 is 10.0 Å². The number of thioether (sulfide) groups is 1. The third kappa shape index (κ3) is 6.99. The standard InChI is InChI=1S/C29H22Cl3N3O4S2/c30-21-7-1-18(2-8-21)16-35-27(36)17-40-29(35)20-5-3-19(4-6-20)28(37)33-23-10-12-24(13-11-23)41(38,39)34-26-14-9-22(31)15-25(26)32/h1-15,29,34H,16-17H2,(H,33,37)/t29-/m0/s1. The molecule has 7 nitrogen and oxygen atoms in total. The zero-order chi connectivity index (χ0) is 29.1. The molecule has 0 saturated carbocycles. The fraction of sp³-hybridized carbons (Fsp3) is 0.103. The van der Waals surface area contributed by atoms with Crippen molar-refractivity contribution in [2.75, 3.05) is 15.8 Å². The molecule has 1 aliphatic heterocycles. The van der Waals surface area contributed by atoms with Crippen LogP contribution in [0, 0.1) is 0 Å². The minimum absolute atomic E-state index is 0.00219. The van der Waals surface area contributed by atoms with Crippen molar-refractivity contribution in [3.8, 4) is 0 Å². The van der Waals surface area contributed by atoms with Crippen LogP contribution in [-0.2, 0) is 21.4 Å². The molecule has 1 heterocycles. The van der Waals surface area contributed by atoms with Gasteiger partial charge in [-0.3, -0.25) is 14.3 Å². The third-order valence-electron chi connectivity index (χ3n) is 6.29. The highest BCUT2D eigenvalue weighted by Gasteiger charge is 2.32. The van der Waals surface area contributed by atoms with Crippen molar-refractivity contribution in [2.45, 2.75) is 16.8 Å². The van der Waals surface area contributed by atoms with Gasteiger partial charge in [0.1, 0.15) is 5.37 Å². The summed E-state index contributed by atoms with van der Waals surface area (Å²) in [6, 6.07) is 24.7. The van der Waals surface area contributed by atoms with Crippen LogP contribution >= 0.6 is 46.6 Å². The summed E-state index contributed by atoms with van der Waals surface area (Å²) < 4.78 is 28.0. The minimum Gasteiger partial charge on any atom is -0.322 e. The zero-order valence-corrected chi connectivity index (χ0v) is 25.1. The van der Waals surface area contributed by atoms with Gasteiger partial charge >= 0.3 is 0 Å². The van der Waals surface area contributed by atoms with Gasteiger partial charge in [-0.1, -0.05) is 59.1 Å². The van der Waals surface area contributed by atoms with Crippen LogP contribution in [0.2, 0.25) is 15.1 Å². The largest absolute Gasteiger partial charge is 0.322 e. The van der Waals surface area contributed by atoms with E-state index in [0.717, 1.165) is 11.1 Å². The normalized spacial score (nSPS) is 15.1. The van der Waals surface area contributed by atoms with Crippen LogP contribution in [0.25, 0.3) is 0 Å². The van der Waals surface area contributed by atoms with Gasteiger partial charge in [-0.05, 0) is 77.9 Å². The van der Waals surface area contributed by atoms with Crippen molar-refractivity contribution in [2.24, 2.45) is 0 Å². The Morgan fingerprint density at radius 3 is 2.20 bits per heavy atom. The maximum atomic E-state index is 12.9. The van der Waals surface area contributed by atoms with Crippen molar-refractivity contribution in [3.05, 3.63) is 123 Å². The van der Waals surface area contributed by atoms with Gasteiger partial charge in [0.05, 0.1) is 21.4 Å². The summed E-state index contributed by atoms with van der Waals surface area (Å²) in [7, 11) is -3.92. The van der Waals surface area contributed by atoms with E-state index in [-0.39, 0.29) is 32.8 Å². The third-order valence-corrected chi connectivity index (χ3v) is 9.73. The quantitative estimate of drug-likeness (QED) is 0.207. The number of halogens is 3. The van der Waals surface area contributed by atoms with E-state index in [0.29, 0.717) is 33.6 Å². The Bertz CT molecular complexity index is 1700. The van der Waals surface area contributed by atoms with Crippen LogP contribution in [0.15, 0.2) is 95.9 Å². The average molecular weight is 647 g/mol. The predicted molar refractivity (Wildman–Crippen MR) is 165 cm³/mol. The molecule has 2 N–H and O–H groups in total. The molecule has 0 aliphatic carbocycles. The van der Waals surface area contributed by atoms with Crippen LogP contribution in [0.5, 0.6) is 0 Å². The monoisotopic (exact) mass is 645 g/mol. The SMILES string of the molecule is O=C(Nc1ccc(S(=O)(=O)Nc2ccc(Cl)cc2Cl)cc1)c1ccc([C@@H]2SCC(=O)N2Cc2ccc(Cl)cc2)cc1. The topological polar surface area (TPSA) is 95.6 Å². The summed E-state index contributed by atoms with van der Waals surface area (Å²) in [6.45, 7) is 0.462. The Labute approximate surface area is 256 Å². The number of carbonyl (C=O) groups excluding carboxylic acids is 2. The molecule has 1 atom stereocenters. The number of benzene rings is 4. The molecule has 4 aromatic carbocycles. The van der Waals surface area contributed by atoms with Crippen molar-refractivity contribution >= 4 is 79.8 Å². The highest BCUT2D eigenvalue weighted by molar-refractivity contribution is 8.00. The minimum atomic E-state index is -3.92. The molecule has 0 radical (unpaired) electrons. The Morgan fingerprint density at radius 1 is 0.878 bits per heavy atom. The lowest BCUT2D eigenvalue weighted by atomic mass is 10.1. The van der Waals surface area contributed by atoms with E-state index in [2.05, 4.69) is 10.0 Å². The molecule has 12 heteroatoms. The van der Waals surface area contributed by atoms with Gasteiger partial charge in [-0.15, -0.1) is 11.8 Å². The van der Waals surface area contributed by atoms with Crippen LogP contribution in [0.4, 0.5) is 11.4 Å². The number of hydrogen-bond acceptors (Lipinski definition) is 5.